The number of rotatable bonds is 3. The average molecular weight is 118 g/mol. The minimum absolute atomic E-state index is 0.315. The van der Waals surface area contributed by atoms with Gasteiger partial charge in [0.15, 0.2) is 0 Å². The summed E-state index contributed by atoms with van der Waals surface area (Å²) in [5, 5.41) is 8.22. The molecule has 1 unspecified atom stereocenters. The average Bonchev–Trinajstić information content (AvgIpc) is 1.67. The monoisotopic (exact) mass is 118 g/mol. The third-order valence-corrected chi connectivity index (χ3v) is 0.846. The molecule has 4 heteroatoms. The van der Waals surface area contributed by atoms with Crippen molar-refractivity contribution in [3.63, 3.8) is 0 Å². The summed E-state index contributed by atoms with van der Waals surface area (Å²) < 4.78 is 0. The zero-order valence-corrected chi connectivity index (χ0v) is 4.72. The Morgan fingerprint density at radius 1 is 2.00 bits per heavy atom. The van der Waals surface area contributed by atoms with Gasteiger partial charge in [0.25, 0.3) is 0 Å². The fourth-order valence-electron chi connectivity index (χ4n) is 0.264. The first-order valence-electron chi connectivity index (χ1n) is 2.34. The summed E-state index contributed by atoms with van der Waals surface area (Å²) in [6, 6.07) is 0. The Labute approximate surface area is 47.6 Å². The van der Waals surface area contributed by atoms with Crippen LogP contribution < -0.4 is 11.3 Å². The maximum atomic E-state index is 9.99. The van der Waals surface area contributed by atoms with Gasteiger partial charge >= 0.3 is 5.97 Å². The van der Waals surface area contributed by atoms with E-state index in [9.17, 15) is 4.79 Å². The first kappa shape index (κ1) is 7.39. The molecule has 0 fully saturated rings. The highest BCUT2D eigenvalue weighted by Gasteiger charge is 2.07. The zero-order valence-electron chi connectivity index (χ0n) is 4.72. The molecule has 0 amide bonds. The van der Waals surface area contributed by atoms with Crippen LogP contribution in [0.15, 0.2) is 0 Å². The van der Waals surface area contributed by atoms with Gasteiger partial charge in [-0.1, -0.05) is 6.92 Å². The molecule has 1 atom stereocenters. The Morgan fingerprint density at radius 2 is 2.50 bits per heavy atom. The van der Waals surface area contributed by atoms with Crippen LogP contribution in [0.4, 0.5) is 0 Å². The smallest absolute Gasteiger partial charge is 0.307 e. The highest BCUT2D eigenvalue weighted by molar-refractivity contribution is 5.69. The van der Waals surface area contributed by atoms with Crippen LogP contribution in [0, 0.1) is 5.92 Å². The maximum Gasteiger partial charge on any atom is 0.307 e. The summed E-state index contributed by atoms with van der Waals surface area (Å²) in [5.41, 5.74) is 2.27. The number of carbonyl (C=O) groups is 1. The summed E-state index contributed by atoms with van der Waals surface area (Å²) in [7, 11) is 0. The largest absolute Gasteiger partial charge is 0.481 e. The van der Waals surface area contributed by atoms with Crippen molar-refractivity contribution in [2.24, 2.45) is 11.8 Å². The lowest BCUT2D eigenvalue weighted by atomic mass is 10.2. The number of carboxylic acids is 1. The Morgan fingerprint density at radius 3 is 2.62 bits per heavy atom. The van der Waals surface area contributed by atoms with Crippen LogP contribution in [0.2, 0.25) is 0 Å². The van der Waals surface area contributed by atoms with Crippen molar-refractivity contribution in [1.29, 1.82) is 0 Å². The van der Waals surface area contributed by atoms with Crippen molar-refractivity contribution in [2.75, 3.05) is 6.54 Å². The lowest BCUT2D eigenvalue weighted by Crippen LogP contribution is -2.31. The number of nitrogens with one attached hydrogen (secondary N) is 1. The molecule has 0 aliphatic carbocycles. The van der Waals surface area contributed by atoms with Crippen molar-refractivity contribution in [1.82, 2.24) is 5.43 Å². The molecule has 8 heavy (non-hydrogen) atoms. The third-order valence-electron chi connectivity index (χ3n) is 0.846. The molecule has 0 aromatic carbocycles. The number of aliphatic carboxylic acids is 1. The van der Waals surface area contributed by atoms with E-state index < -0.39 is 11.9 Å². The fraction of sp³-hybridized carbons (Fsp3) is 0.750. The molecule has 0 saturated carbocycles. The van der Waals surface area contributed by atoms with Crippen molar-refractivity contribution < 1.29 is 9.90 Å². The standard InChI is InChI=1S/C4H10N2O2/c1-3(2-6-5)4(7)8/h3,6H,2,5H2,1H3,(H,7,8). The maximum absolute atomic E-state index is 9.99. The van der Waals surface area contributed by atoms with Crippen LogP contribution in [0.3, 0.4) is 0 Å². The van der Waals surface area contributed by atoms with E-state index >= 15 is 0 Å². The lowest BCUT2D eigenvalue weighted by molar-refractivity contribution is -0.140. The van der Waals surface area contributed by atoms with E-state index in [0.29, 0.717) is 6.54 Å². The molecular weight excluding hydrogens is 108 g/mol. The second-order valence-electron chi connectivity index (χ2n) is 1.65. The van der Waals surface area contributed by atoms with Crippen LogP contribution in [0.25, 0.3) is 0 Å². The van der Waals surface area contributed by atoms with Gasteiger partial charge in [0.1, 0.15) is 0 Å². The van der Waals surface area contributed by atoms with Gasteiger partial charge < -0.3 is 5.11 Å². The van der Waals surface area contributed by atoms with E-state index in [0.717, 1.165) is 0 Å². The molecule has 48 valence electrons. The van der Waals surface area contributed by atoms with Gasteiger partial charge in [-0.3, -0.25) is 16.1 Å². The third kappa shape index (κ3) is 2.54. The van der Waals surface area contributed by atoms with Gasteiger partial charge in [0, 0.05) is 6.54 Å². The molecule has 0 radical (unpaired) electrons. The van der Waals surface area contributed by atoms with E-state index in [1.54, 1.807) is 6.92 Å². The molecule has 0 aromatic heterocycles. The van der Waals surface area contributed by atoms with E-state index in [4.69, 9.17) is 10.9 Å². The van der Waals surface area contributed by atoms with Crippen LogP contribution >= 0.6 is 0 Å². The number of carboxylic acid groups (broad SMARTS) is 1. The lowest BCUT2D eigenvalue weighted by Gasteiger charge is -2.01. The van der Waals surface area contributed by atoms with Crippen molar-refractivity contribution >= 4 is 5.97 Å². The summed E-state index contributed by atoms with van der Waals surface area (Å²) in [6.45, 7) is 1.90. The van der Waals surface area contributed by atoms with Crippen LogP contribution in [-0.4, -0.2) is 17.6 Å². The molecule has 0 saturated heterocycles. The van der Waals surface area contributed by atoms with Gasteiger partial charge in [0.05, 0.1) is 5.92 Å². The summed E-state index contributed by atoms with van der Waals surface area (Å²) in [4.78, 5) is 9.99. The van der Waals surface area contributed by atoms with Gasteiger partial charge in [-0.15, -0.1) is 0 Å². The van der Waals surface area contributed by atoms with Gasteiger partial charge in [-0.05, 0) is 0 Å². The first-order chi connectivity index (χ1) is 3.68. The summed E-state index contributed by atoms with van der Waals surface area (Å²) in [5.74, 6) is 3.62. The Hall–Kier alpha value is -0.610. The molecular formula is C4H10N2O2. The second kappa shape index (κ2) is 3.40. The number of nitrogens with two attached hydrogens (primary N) is 1. The van der Waals surface area contributed by atoms with Crippen molar-refractivity contribution in [3.8, 4) is 0 Å². The quantitative estimate of drug-likeness (QED) is 0.334. The Balaban J connectivity index is 3.32. The fourth-order valence-corrected chi connectivity index (χ4v) is 0.264. The van der Waals surface area contributed by atoms with E-state index in [1.165, 1.54) is 0 Å². The van der Waals surface area contributed by atoms with Gasteiger partial charge in [0.2, 0.25) is 0 Å². The van der Waals surface area contributed by atoms with E-state index in [-0.39, 0.29) is 0 Å². The predicted molar refractivity (Wildman–Crippen MR) is 29.0 cm³/mol. The van der Waals surface area contributed by atoms with Crippen LogP contribution in [0.1, 0.15) is 6.92 Å². The molecule has 0 spiro atoms. The minimum Gasteiger partial charge on any atom is -0.481 e. The SMILES string of the molecule is CC(CNN)C(=O)O. The summed E-state index contributed by atoms with van der Waals surface area (Å²) >= 11 is 0. The number of hydrogen-bond acceptors (Lipinski definition) is 3. The van der Waals surface area contributed by atoms with Crippen LogP contribution in [-0.2, 0) is 4.79 Å². The zero-order chi connectivity index (χ0) is 6.57. The Bertz CT molecular complexity index is 84.1. The molecule has 0 rings (SSSR count). The molecule has 4 N–H and O–H groups in total. The molecule has 0 heterocycles. The highest BCUT2D eigenvalue weighted by Crippen LogP contribution is 1.88. The Kier molecular flexibility index (Phi) is 3.14. The van der Waals surface area contributed by atoms with Gasteiger partial charge in [-0.25, -0.2) is 0 Å². The van der Waals surface area contributed by atoms with Crippen molar-refractivity contribution in [2.45, 2.75) is 6.92 Å². The minimum atomic E-state index is -0.831. The topological polar surface area (TPSA) is 75.3 Å². The van der Waals surface area contributed by atoms with E-state index in [2.05, 4.69) is 5.43 Å². The van der Waals surface area contributed by atoms with Crippen LogP contribution in [0.5, 0.6) is 0 Å². The molecule has 0 aliphatic rings. The summed E-state index contributed by atoms with van der Waals surface area (Å²) in [6.07, 6.45) is 0. The second-order valence-corrected chi connectivity index (χ2v) is 1.65. The number of hydrazine groups is 1. The van der Waals surface area contributed by atoms with Gasteiger partial charge in [-0.2, -0.15) is 0 Å². The molecule has 0 bridgehead atoms. The molecule has 0 aromatic rings. The normalized spacial score (nSPS) is 13.2. The van der Waals surface area contributed by atoms with E-state index in [1.807, 2.05) is 0 Å². The number of hydrogen-bond donors (Lipinski definition) is 3. The molecule has 4 nitrogen and oxygen atoms in total. The predicted octanol–water partition coefficient (Wildman–Crippen LogP) is -0.830. The van der Waals surface area contributed by atoms with Crippen molar-refractivity contribution in [3.05, 3.63) is 0 Å². The molecule has 0 aliphatic heterocycles. The first-order valence-corrected chi connectivity index (χ1v) is 2.34. The highest BCUT2D eigenvalue weighted by atomic mass is 16.4.